The Bertz CT molecular complexity index is 1750. The fraction of sp³-hybridized carbons (Fsp3) is 0.121. The van der Waals surface area contributed by atoms with E-state index in [1.165, 1.54) is 83.8 Å². The molecule has 0 unspecified atom stereocenters. The maximum absolute atomic E-state index is 4.51. The van der Waals surface area contributed by atoms with Crippen molar-refractivity contribution in [3.63, 3.8) is 0 Å². The third-order valence-electron chi connectivity index (χ3n) is 8.61. The van der Waals surface area contributed by atoms with Crippen molar-refractivity contribution in [3.05, 3.63) is 130 Å². The van der Waals surface area contributed by atoms with Crippen molar-refractivity contribution in [2.75, 3.05) is 4.90 Å². The maximum atomic E-state index is 4.51. The summed E-state index contributed by atoms with van der Waals surface area (Å²) in [5.74, 6) is 0. The summed E-state index contributed by atoms with van der Waals surface area (Å²) in [6.07, 6.45) is 8.03. The van der Waals surface area contributed by atoms with Gasteiger partial charge in [-0.1, -0.05) is 42.5 Å². The summed E-state index contributed by atoms with van der Waals surface area (Å²) in [6.45, 7) is 0. The zero-order valence-corrected chi connectivity index (χ0v) is 19.3. The van der Waals surface area contributed by atoms with Crippen LogP contribution in [0.15, 0.2) is 85.2 Å². The second-order valence-corrected chi connectivity index (χ2v) is 10.4. The van der Waals surface area contributed by atoms with Gasteiger partial charge >= 0.3 is 0 Å². The molecular formula is C33H22N2. The quantitative estimate of drug-likeness (QED) is 0.240. The Morgan fingerprint density at radius 1 is 0.514 bits per heavy atom. The SMILES string of the molecule is c1ccc2c(c1)Cc1cc3c(cc1-2)Cc1c-3cc2c3c1Cc1ccccc1N3c1cnccc1C2. The summed E-state index contributed by atoms with van der Waals surface area (Å²) >= 11 is 0. The van der Waals surface area contributed by atoms with Gasteiger partial charge in [0, 0.05) is 24.7 Å². The third kappa shape index (κ3) is 2.27. The van der Waals surface area contributed by atoms with Crippen molar-refractivity contribution in [2.45, 2.75) is 25.7 Å². The van der Waals surface area contributed by atoms with Crippen LogP contribution in [0.3, 0.4) is 0 Å². The zero-order chi connectivity index (χ0) is 22.7. The molecule has 0 bridgehead atoms. The van der Waals surface area contributed by atoms with Gasteiger partial charge in [-0.3, -0.25) is 4.98 Å². The monoisotopic (exact) mass is 446 g/mol. The highest BCUT2D eigenvalue weighted by molar-refractivity contribution is 5.94. The van der Waals surface area contributed by atoms with Crippen molar-refractivity contribution in [3.8, 4) is 22.3 Å². The van der Waals surface area contributed by atoms with Gasteiger partial charge in [-0.15, -0.1) is 0 Å². The highest BCUT2D eigenvalue weighted by Gasteiger charge is 2.36. The maximum Gasteiger partial charge on any atom is 0.0680 e. The van der Waals surface area contributed by atoms with Crippen LogP contribution in [0.5, 0.6) is 0 Å². The number of anilines is 3. The van der Waals surface area contributed by atoms with Gasteiger partial charge in [-0.05, 0) is 110 Å². The second-order valence-electron chi connectivity index (χ2n) is 10.4. The Hall–Kier alpha value is -4.17. The third-order valence-corrected chi connectivity index (χ3v) is 8.61. The lowest BCUT2D eigenvalue weighted by atomic mass is 9.82. The molecule has 2 nitrogen and oxygen atoms in total. The van der Waals surface area contributed by atoms with Gasteiger partial charge in [0.25, 0.3) is 0 Å². The molecule has 0 spiro atoms. The minimum absolute atomic E-state index is 0.970. The van der Waals surface area contributed by atoms with E-state index in [1.807, 2.05) is 12.4 Å². The van der Waals surface area contributed by atoms with Gasteiger partial charge in [0.05, 0.1) is 17.6 Å². The highest BCUT2D eigenvalue weighted by atomic mass is 15.2. The van der Waals surface area contributed by atoms with Gasteiger partial charge in [0.1, 0.15) is 0 Å². The minimum Gasteiger partial charge on any atom is -0.308 e. The first-order chi connectivity index (χ1) is 17.3. The number of aromatic nitrogens is 1. The second kappa shape index (κ2) is 6.28. The van der Waals surface area contributed by atoms with E-state index in [-0.39, 0.29) is 0 Å². The van der Waals surface area contributed by atoms with Crippen LogP contribution in [0.1, 0.15) is 44.5 Å². The number of nitrogens with zero attached hydrogens (tertiary/aromatic N) is 2. The van der Waals surface area contributed by atoms with E-state index in [1.54, 1.807) is 0 Å². The predicted molar refractivity (Wildman–Crippen MR) is 141 cm³/mol. The number of rotatable bonds is 0. The molecule has 9 rings (SSSR count). The number of fused-ring (bicyclic) bond motifs is 11. The molecule has 2 aliphatic heterocycles. The Morgan fingerprint density at radius 2 is 1.20 bits per heavy atom. The van der Waals surface area contributed by atoms with Crippen molar-refractivity contribution in [1.82, 2.24) is 4.98 Å². The molecule has 0 N–H and O–H groups in total. The van der Waals surface area contributed by atoms with E-state index < -0.39 is 0 Å². The van der Waals surface area contributed by atoms with Crippen molar-refractivity contribution < 1.29 is 0 Å². The largest absolute Gasteiger partial charge is 0.308 e. The first-order valence-corrected chi connectivity index (χ1v) is 12.6. The lowest BCUT2D eigenvalue weighted by Crippen LogP contribution is -2.25. The summed E-state index contributed by atoms with van der Waals surface area (Å²) in [7, 11) is 0. The molecule has 3 heterocycles. The van der Waals surface area contributed by atoms with Gasteiger partial charge in [0.2, 0.25) is 0 Å². The molecule has 0 saturated carbocycles. The first kappa shape index (κ1) is 18.2. The molecule has 35 heavy (non-hydrogen) atoms. The molecule has 0 radical (unpaired) electrons. The topological polar surface area (TPSA) is 16.1 Å². The molecular weight excluding hydrogens is 424 g/mol. The van der Waals surface area contributed by atoms with E-state index in [9.17, 15) is 0 Å². The Morgan fingerprint density at radius 3 is 2.14 bits per heavy atom. The summed E-state index contributed by atoms with van der Waals surface area (Å²) in [6, 6.07) is 27.5. The first-order valence-electron chi connectivity index (χ1n) is 12.6. The zero-order valence-electron chi connectivity index (χ0n) is 19.3. The van der Waals surface area contributed by atoms with Crippen molar-refractivity contribution in [2.24, 2.45) is 0 Å². The lowest BCUT2D eigenvalue weighted by molar-refractivity contribution is 0.986. The smallest absolute Gasteiger partial charge is 0.0680 e. The number of hydrogen-bond acceptors (Lipinski definition) is 2. The van der Waals surface area contributed by atoms with E-state index in [4.69, 9.17) is 0 Å². The van der Waals surface area contributed by atoms with E-state index >= 15 is 0 Å². The molecule has 0 atom stereocenters. The molecule has 164 valence electrons. The van der Waals surface area contributed by atoms with Gasteiger partial charge in [-0.2, -0.15) is 0 Å². The number of benzene rings is 4. The number of pyridine rings is 1. The van der Waals surface area contributed by atoms with Crippen LogP contribution in [-0.4, -0.2) is 4.98 Å². The normalized spacial score (nSPS) is 14.9. The summed E-state index contributed by atoms with van der Waals surface area (Å²) in [5, 5.41) is 0. The lowest BCUT2D eigenvalue weighted by Gasteiger charge is -2.40. The molecule has 2 heteroatoms. The standard InChI is InChI=1S/C33H22N2/c1-3-7-25-19(5-1)11-22-14-27-23(15-26(22)25)16-29-28(27)17-24-12-21-9-10-34-18-32(21)35-31-8-4-2-6-20(31)13-30(29)33(24)35/h1-10,14-15,17-18H,11-13,16H2. The van der Waals surface area contributed by atoms with Gasteiger partial charge in [-0.25, -0.2) is 0 Å². The van der Waals surface area contributed by atoms with Crippen LogP contribution >= 0.6 is 0 Å². The number of hydrogen-bond donors (Lipinski definition) is 0. The summed E-state index contributed by atoms with van der Waals surface area (Å²) in [5.41, 5.74) is 21.4. The van der Waals surface area contributed by atoms with Crippen LogP contribution < -0.4 is 4.90 Å². The van der Waals surface area contributed by atoms with E-state index in [2.05, 4.69) is 82.7 Å². The van der Waals surface area contributed by atoms with Crippen molar-refractivity contribution >= 4 is 17.1 Å². The Balaban J connectivity index is 1.29. The molecule has 0 fully saturated rings. The fourth-order valence-corrected chi connectivity index (χ4v) is 7.10. The molecule has 0 saturated heterocycles. The van der Waals surface area contributed by atoms with Crippen LogP contribution in [0.4, 0.5) is 17.1 Å². The fourth-order valence-electron chi connectivity index (χ4n) is 7.10. The summed E-state index contributed by atoms with van der Waals surface area (Å²) in [4.78, 5) is 7.01. The highest BCUT2D eigenvalue weighted by Crippen LogP contribution is 2.55. The van der Waals surface area contributed by atoms with Crippen LogP contribution in [0.25, 0.3) is 22.3 Å². The van der Waals surface area contributed by atoms with Gasteiger partial charge in [0.15, 0.2) is 0 Å². The molecule has 0 amide bonds. The van der Waals surface area contributed by atoms with E-state index in [0.717, 1.165) is 25.7 Å². The van der Waals surface area contributed by atoms with Crippen LogP contribution in [0, 0.1) is 0 Å². The van der Waals surface area contributed by atoms with Crippen molar-refractivity contribution in [1.29, 1.82) is 0 Å². The molecule has 5 aromatic rings. The Labute approximate surface area is 204 Å². The Kier molecular flexibility index (Phi) is 3.27. The summed E-state index contributed by atoms with van der Waals surface area (Å²) < 4.78 is 0. The van der Waals surface area contributed by atoms with Crippen LogP contribution in [-0.2, 0) is 25.7 Å². The average Bonchev–Trinajstić information content (AvgIpc) is 3.44. The molecule has 2 aliphatic carbocycles. The molecule has 1 aromatic heterocycles. The van der Waals surface area contributed by atoms with Crippen LogP contribution in [0.2, 0.25) is 0 Å². The average molecular weight is 447 g/mol. The van der Waals surface area contributed by atoms with E-state index in [0.29, 0.717) is 0 Å². The predicted octanol–water partition coefficient (Wildman–Crippen LogP) is 7.50. The number of para-hydroxylation sites is 1. The molecule has 4 aliphatic rings. The van der Waals surface area contributed by atoms with Gasteiger partial charge < -0.3 is 4.90 Å². The molecule has 4 aromatic carbocycles. The minimum atomic E-state index is 0.970.